The van der Waals surface area contributed by atoms with Gasteiger partial charge in [0.15, 0.2) is 6.10 Å². The number of carbonyl (C=O) groups is 1. The Balaban J connectivity index is 1.91. The average Bonchev–Trinajstić information content (AvgIpc) is 2.54. The lowest BCUT2D eigenvalue weighted by Crippen LogP contribution is -2.47. The second-order valence-electron chi connectivity index (χ2n) is 5.29. The molecule has 23 heavy (non-hydrogen) atoms. The fourth-order valence-electron chi connectivity index (χ4n) is 2.56. The molecule has 1 heterocycles. The number of anilines is 2. The monoisotopic (exact) mass is 310 g/mol. The summed E-state index contributed by atoms with van der Waals surface area (Å²) in [7, 11) is 0. The fraction of sp³-hybridized carbons (Fsp3) is 0.167. The highest BCUT2D eigenvalue weighted by Gasteiger charge is 2.34. The van der Waals surface area contributed by atoms with E-state index in [1.165, 1.54) is 17.0 Å². The Labute approximate surface area is 133 Å². The zero-order chi connectivity index (χ0) is 16.4. The first-order valence-corrected chi connectivity index (χ1v) is 7.14. The first-order valence-electron chi connectivity index (χ1n) is 7.14. The molecule has 116 valence electrons. The van der Waals surface area contributed by atoms with Crippen LogP contribution in [0, 0.1) is 18.2 Å². The highest BCUT2D eigenvalue weighted by atomic mass is 19.1. The minimum Gasteiger partial charge on any atom is -0.478 e. The lowest BCUT2D eigenvalue weighted by Gasteiger charge is -2.33. The van der Waals surface area contributed by atoms with Crippen LogP contribution in [0.25, 0.3) is 0 Å². The van der Waals surface area contributed by atoms with Crippen molar-refractivity contribution in [2.75, 3.05) is 17.2 Å². The van der Waals surface area contributed by atoms with Gasteiger partial charge in [-0.15, -0.1) is 6.42 Å². The molecule has 0 aliphatic carbocycles. The van der Waals surface area contributed by atoms with Crippen LogP contribution in [0.2, 0.25) is 0 Å². The molecule has 1 aliphatic rings. The molecule has 2 aromatic carbocycles. The lowest BCUT2D eigenvalue weighted by molar-refractivity contribution is -0.126. The molecule has 0 saturated heterocycles. The van der Waals surface area contributed by atoms with Gasteiger partial charge in [-0.3, -0.25) is 9.69 Å². The molecular formula is C18H15FN2O2. The second kappa shape index (κ2) is 6.01. The van der Waals surface area contributed by atoms with Crippen molar-refractivity contribution in [3.8, 4) is 18.1 Å². The number of nitrogens with zero attached hydrogens (tertiary/aromatic N) is 1. The normalized spacial score (nSPS) is 16.4. The van der Waals surface area contributed by atoms with E-state index in [1.54, 1.807) is 30.3 Å². The van der Waals surface area contributed by atoms with Crippen molar-refractivity contribution in [1.82, 2.24) is 0 Å². The van der Waals surface area contributed by atoms with Gasteiger partial charge in [0.05, 0.1) is 12.2 Å². The molecular weight excluding hydrogens is 295 g/mol. The van der Waals surface area contributed by atoms with Gasteiger partial charge in [-0.25, -0.2) is 4.39 Å². The number of benzene rings is 2. The van der Waals surface area contributed by atoms with Gasteiger partial charge in [0.25, 0.3) is 5.91 Å². The Hall–Kier alpha value is -3.00. The molecule has 1 aliphatic heterocycles. The molecule has 3 rings (SSSR count). The first kappa shape index (κ1) is 14.9. The van der Waals surface area contributed by atoms with Gasteiger partial charge in [0, 0.05) is 12.1 Å². The van der Waals surface area contributed by atoms with Gasteiger partial charge in [0.1, 0.15) is 11.6 Å². The van der Waals surface area contributed by atoms with Gasteiger partial charge in [-0.2, -0.15) is 0 Å². The van der Waals surface area contributed by atoms with E-state index in [1.807, 2.05) is 0 Å². The number of hydrogen-bond acceptors (Lipinski definition) is 3. The Bertz CT molecular complexity index is 781. The number of ether oxygens (including phenoxy) is 1. The van der Waals surface area contributed by atoms with Crippen LogP contribution in [-0.4, -0.2) is 18.6 Å². The smallest absolute Gasteiger partial charge is 0.269 e. The number of hydrogen-bond donors (Lipinski definition) is 1. The van der Waals surface area contributed by atoms with E-state index >= 15 is 0 Å². The molecule has 0 fully saturated rings. The number of carbonyl (C=O) groups excluding carboxylic acids is 1. The molecule has 1 unspecified atom stereocenters. The molecule has 2 N–H and O–H groups in total. The van der Waals surface area contributed by atoms with Crippen LogP contribution < -0.4 is 15.4 Å². The SMILES string of the molecule is C#CCN1C(=O)C(Cc2ccc(F)cc2)Oc2ccc(N)cc21. The summed E-state index contributed by atoms with van der Waals surface area (Å²) in [6, 6.07) is 11.1. The highest BCUT2D eigenvalue weighted by molar-refractivity contribution is 6.01. The molecule has 0 saturated carbocycles. The van der Waals surface area contributed by atoms with E-state index in [-0.39, 0.29) is 18.3 Å². The van der Waals surface area contributed by atoms with Crippen molar-refractivity contribution >= 4 is 17.3 Å². The summed E-state index contributed by atoms with van der Waals surface area (Å²) in [4.78, 5) is 14.1. The summed E-state index contributed by atoms with van der Waals surface area (Å²) in [6.07, 6.45) is 5.01. The van der Waals surface area contributed by atoms with Crippen molar-refractivity contribution in [2.24, 2.45) is 0 Å². The Kier molecular flexibility index (Phi) is 3.90. The van der Waals surface area contributed by atoms with Crippen LogP contribution in [0.1, 0.15) is 5.56 Å². The number of nitrogen functional groups attached to an aromatic ring is 1. The molecule has 2 aromatic rings. The Morgan fingerprint density at radius 2 is 2.00 bits per heavy atom. The quantitative estimate of drug-likeness (QED) is 0.699. The van der Waals surface area contributed by atoms with E-state index in [9.17, 15) is 9.18 Å². The molecule has 1 atom stereocenters. The van der Waals surface area contributed by atoms with Crippen LogP contribution in [0.15, 0.2) is 42.5 Å². The molecule has 1 amide bonds. The molecule has 0 radical (unpaired) electrons. The summed E-state index contributed by atoms with van der Waals surface area (Å²) in [6.45, 7) is 0.137. The van der Waals surface area contributed by atoms with E-state index in [4.69, 9.17) is 16.9 Å². The predicted molar refractivity (Wildman–Crippen MR) is 86.6 cm³/mol. The second-order valence-corrected chi connectivity index (χ2v) is 5.29. The van der Waals surface area contributed by atoms with Crippen molar-refractivity contribution in [3.05, 3.63) is 53.8 Å². The van der Waals surface area contributed by atoms with Crippen LogP contribution in [0.3, 0.4) is 0 Å². The van der Waals surface area contributed by atoms with Crippen LogP contribution in [0.4, 0.5) is 15.8 Å². The van der Waals surface area contributed by atoms with Crippen molar-refractivity contribution in [2.45, 2.75) is 12.5 Å². The Morgan fingerprint density at radius 1 is 1.26 bits per heavy atom. The third-order valence-corrected chi connectivity index (χ3v) is 3.67. The number of fused-ring (bicyclic) bond motifs is 1. The van der Waals surface area contributed by atoms with Gasteiger partial charge >= 0.3 is 0 Å². The minimum absolute atomic E-state index is 0.137. The topological polar surface area (TPSA) is 55.6 Å². The van der Waals surface area contributed by atoms with Crippen molar-refractivity contribution in [1.29, 1.82) is 0 Å². The maximum Gasteiger partial charge on any atom is 0.269 e. The summed E-state index contributed by atoms with van der Waals surface area (Å²) in [5.74, 6) is 2.48. The fourth-order valence-corrected chi connectivity index (χ4v) is 2.56. The predicted octanol–water partition coefficient (Wildman–Crippen LogP) is 2.38. The minimum atomic E-state index is -0.704. The van der Waals surface area contributed by atoms with E-state index in [0.717, 1.165) is 5.56 Å². The summed E-state index contributed by atoms with van der Waals surface area (Å²) in [5, 5.41) is 0. The molecule has 4 nitrogen and oxygen atoms in total. The van der Waals surface area contributed by atoms with Crippen LogP contribution in [0.5, 0.6) is 5.75 Å². The van der Waals surface area contributed by atoms with Gasteiger partial charge < -0.3 is 10.5 Å². The molecule has 0 aromatic heterocycles. The van der Waals surface area contributed by atoms with Crippen molar-refractivity contribution in [3.63, 3.8) is 0 Å². The molecule has 0 bridgehead atoms. The average molecular weight is 310 g/mol. The van der Waals surface area contributed by atoms with E-state index in [2.05, 4.69) is 5.92 Å². The number of amides is 1. The van der Waals surface area contributed by atoms with Gasteiger partial charge in [0.2, 0.25) is 0 Å². The number of terminal acetylenes is 1. The zero-order valence-electron chi connectivity index (χ0n) is 12.3. The summed E-state index contributed by atoms with van der Waals surface area (Å²) in [5.41, 5.74) is 7.69. The Morgan fingerprint density at radius 3 is 2.70 bits per heavy atom. The molecule has 0 spiro atoms. The summed E-state index contributed by atoms with van der Waals surface area (Å²) < 4.78 is 18.8. The molecule has 5 heteroatoms. The van der Waals surface area contributed by atoms with Crippen LogP contribution in [-0.2, 0) is 11.2 Å². The third kappa shape index (κ3) is 2.97. The maximum atomic E-state index is 13.0. The van der Waals surface area contributed by atoms with Crippen molar-refractivity contribution < 1.29 is 13.9 Å². The van der Waals surface area contributed by atoms with Gasteiger partial charge in [-0.05, 0) is 35.9 Å². The number of nitrogens with two attached hydrogens (primary N) is 1. The highest BCUT2D eigenvalue weighted by Crippen LogP contribution is 2.36. The largest absolute Gasteiger partial charge is 0.478 e. The summed E-state index contributed by atoms with van der Waals surface area (Å²) >= 11 is 0. The maximum absolute atomic E-state index is 13.0. The van der Waals surface area contributed by atoms with E-state index < -0.39 is 6.10 Å². The lowest BCUT2D eigenvalue weighted by atomic mass is 10.0. The third-order valence-electron chi connectivity index (χ3n) is 3.67. The number of rotatable bonds is 3. The van der Waals surface area contributed by atoms with Crippen LogP contribution >= 0.6 is 0 Å². The number of halogens is 1. The standard InChI is InChI=1S/C18H15FN2O2/c1-2-9-21-15-11-14(20)7-8-16(15)23-17(18(21)22)10-12-3-5-13(19)6-4-12/h1,3-8,11,17H,9-10,20H2. The first-order chi connectivity index (χ1) is 11.1. The zero-order valence-corrected chi connectivity index (χ0v) is 12.3. The van der Waals surface area contributed by atoms with E-state index in [0.29, 0.717) is 23.5 Å². The van der Waals surface area contributed by atoms with Gasteiger partial charge in [-0.1, -0.05) is 18.1 Å².